The maximum atomic E-state index is 9.20. The molecule has 0 aliphatic heterocycles. The zero-order valence-corrected chi connectivity index (χ0v) is 6.94. The largest absolute Gasteiger partial charge is 0.507 e. The molecule has 1 N–H and O–H groups in total. The number of phenolic OH excluding ortho intramolecular Hbond substituents is 1. The van der Waals surface area contributed by atoms with Crippen molar-refractivity contribution in [3.05, 3.63) is 23.3 Å². The zero-order chi connectivity index (χ0) is 7.72. The highest BCUT2D eigenvalue weighted by Gasteiger charge is 1.99. The van der Waals surface area contributed by atoms with Crippen LogP contribution in [0.25, 0.3) is 0 Å². The van der Waals surface area contributed by atoms with Gasteiger partial charge in [0.1, 0.15) is 5.75 Å². The lowest BCUT2D eigenvalue weighted by Gasteiger charge is -2.02. The minimum Gasteiger partial charge on any atom is -0.507 e. The van der Waals surface area contributed by atoms with Crippen LogP contribution >= 0.6 is 12.6 Å². The van der Waals surface area contributed by atoms with Crippen LogP contribution in [-0.2, 0) is 0 Å². The molecule has 0 heterocycles. The van der Waals surface area contributed by atoms with Crippen LogP contribution in [0.1, 0.15) is 11.1 Å². The number of hydrogen-bond donors (Lipinski definition) is 2. The second kappa shape index (κ2) is 2.54. The summed E-state index contributed by atoms with van der Waals surface area (Å²) in [6.07, 6.45) is 0. The topological polar surface area (TPSA) is 20.2 Å². The van der Waals surface area contributed by atoms with E-state index in [1.54, 1.807) is 6.07 Å². The first-order valence-electron chi connectivity index (χ1n) is 3.10. The van der Waals surface area contributed by atoms with Crippen LogP contribution in [0.5, 0.6) is 5.75 Å². The van der Waals surface area contributed by atoms with Crippen LogP contribution in [0.4, 0.5) is 0 Å². The summed E-state index contributed by atoms with van der Waals surface area (Å²) in [6, 6.07) is 3.69. The Hall–Kier alpha value is -0.630. The monoisotopic (exact) mass is 154 g/mol. The van der Waals surface area contributed by atoms with Gasteiger partial charge in [-0.25, -0.2) is 0 Å². The number of aryl methyl sites for hydroxylation is 2. The highest BCUT2D eigenvalue weighted by molar-refractivity contribution is 7.80. The first-order chi connectivity index (χ1) is 4.61. The molecular formula is C8H10OS. The van der Waals surface area contributed by atoms with E-state index in [4.69, 9.17) is 0 Å². The normalized spacial score (nSPS) is 9.90. The van der Waals surface area contributed by atoms with Crippen LogP contribution in [-0.4, -0.2) is 5.11 Å². The number of phenols is 1. The molecule has 0 saturated carbocycles. The van der Waals surface area contributed by atoms with Gasteiger partial charge in [0, 0.05) is 4.90 Å². The van der Waals surface area contributed by atoms with E-state index < -0.39 is 0 Å². The summed E-state index contributed by atoms with van der Waals surface area (Å²) in [7, 11) is 0. The molecule has 0 aliphatic carbocycles. The van der Waals surface area contributed by atoms with E-state index >= 15 is 0 Å². The van der Waals surface area contributed by atoms with Gasteiger partial charge >= 0.3 is 0 Å². The predicted octanol–water partition coefficient (Wildman–Crippen LogP) is 2.30. The molecule has 0 aromatic heterocycles. The molecule has 0 radical (unpaired) electrons. The third-order valence-corrected chi connectivity index (χ3v) is 2.01. The second-order valence-electron chi connectivity index (χ2n) is 2.45. The van der Waals surface area contributed by atoms with E-state index in [0.29, 0.717) is 4.90 Å². The smallest absolute Gasteiger partial charge is 0.129 e. The molecule has 0 unspecified atom stereocenters. The molecule has 10 heavy (non-hydrogen) atoms. The molecule has 0 atom stereocenters. The van der Waals surface area contributed by atoms with Gasteiger partial charge in [0.25, 0.3) is 0 Å². The van der Waals surface area contributed by atoms with Crippen molar-refractivity contribution in [2.24, 2.45) is 0 Å². The van der Waals surface area contributed by atoms with Crippen LogP contribution in [0.2, 0.25) is 0 Å². The van der Waals surface area contributed by atoms with Gasteiger partial charge in [-0.15, -0.1) is 12.6 Å². The van der Waals surface area contributed by atoms with Crippen molar-refractivity contribution < 1.29 is 5.11 Å². The fourth-order valence-corrected chi connectivity index (χ4v) is 1.07. The molecule has 0 saturated heterocycles. The molecule has 1 rings (SSSR count). The summed E-state index contributed by atoms with van der Waals surface area (Å²) in [5.74, 6) is 0.265. The van der Waals surface area contributed by atoms with Gasteiger partial charge in [-0.2, -0.15) is 0 Å². The van der Waals surface area contributed by atoms with Crippen LogP contribution < -0.4 is 0 Å². The summed E-state index contributed by atoms with van der Waals surface area (Å²) in [6.45, 7) is 3.87. The van der Waals surface area contributed by atoms with Crippen molar-refractivity contribution in [3.63, 3.8) is 0 Å². The number of thiol groups is 1. The summed E-state index contributed by atoms with van der Waals surface area (Å²) >= 11 is 4.11. The molecule has 54 valence electrons. The van der Waals surface area contributed by atoms with Gasteiger partial charge in [-0.05, 0) is 31.0 Å². The Bertz CT molecular complexity index is 232. The predicted molar refractivity (Wildman–Crippen MR) is 44.8 cm³/mol. The average Bonchev–Trinajstić information content (AvgIpc) is 1.82. The standard InChI is InChI=1S/C8H10OS/c1-5-3-6(2)8(10)7(9)4-5/h3-4,9-10H,1-2H3. The van der Waals surface area contributed by atoms with Gasteiger partial charge in [0.05, 0.1) is 0 Å². The Morgan fingerprint density at radius 3 is 2.40 bits per heavy atom. The van der Waals surface area contributed by atoms with Crippen LogP contribution in [0.15, 0.2) is 17.0 Å². The van der Waals surface area contributed by atoms with Crippen molar-refractivity contribution in [2.75, 3.05) is 0 Å². The highest BCUT2D eigenvalue weighted by atomic mass is 32.1. The van der Waals surface area contributed by atoms with Crippen molar-refractivity contribution in [1.82, 2.24) is 0 Å². The SMILES string of the molecule is Cc1cc(C)c(S)c(O)c1. The zero-order valence-electron chi connectivity index (χ0n) is 6.05. The number of hydrogen-bond acceptors (Lipinski definition) is 2. The third-order valence-electron chi connectivity index (χ3n) is 1.42. The lowest BCUT2D eigenvalue weighted by Crippen LogP contribution is -1.79. The number of rotatable bonds is 0. The maximum absolute atomic E-state index is 9.20. The van der Waals surface area contributed by atoms with E-state index in [-0.39, 0.29) is 5.75 Å². The van der Waals surface area contributed by atoms with E-state index in [0.717, 1.165) is 11.1 Å². The van der Waals surface area contributed by atoms with Crippen LogP contribution in [0, 0.1) is 13.8 Å². The van der Waals surface area contributed by atoms with Gasteiger partial charge in [-0.1, -0.05) is 6.07 Å². The first-order valence-corrected chi connectivity index (χ1v) is 3.55. The molecule has 1 nitrogen and oxygen atoms in total. The molecule has 0 fully saturated rings. The minimum atomic E-state index is 0.265. The molecule has 0 amide bonds. The number of aromatic hydroxyl groups is 1. The molecular weight excluding hydrogens is 144 g/mol. The Kier molecular flexibility index (Phi) is 1.90. The lowest BCUT2D eigenvalue weighted by molar-refractivity contribution is 0.461. The molecule has 0 aliphatic rings. The summed E-state index contributed by atoms with van der Waals surface area (Å²) in [5.41, 5.74) is 2.08. The van der Waals surface area contributed by atoms with Crippen molar-refractivity contribution in [2.45, 2.75) is 18.7 Å². The second-order valence-corrected chi connectivity index (χ2v) is 2.90. The maximum Gasteiger partial charge on any atom is 0.129 e. The van der Waals surface area contributed by atoms with Gasteiger partial charge in [0.15, 0.2) is 0 Å². The lowest BCUT2D eigenvalue weighted by atomic mass is 10.1. The van der Waals surface area contributed by atoms with Crippen molar-refractivity contribution in [3.8, 4) is 5.75 Å². The summed E-state index contributed by atoms with van der Waals surface area (Å²) in [4.78, 5) is 0.672. The third kappa shape index (κ3) is 1.27. The van der Waals surface area contributed by atoms with Crippen molar-refractivity contribution >= 4 is 12.6 Å². The van der Waals surface area contributed by atoms with E-state index in [2.05, 4.69) is 12.6 Å². The van der Waals surface area contributed by atoms with Crippen molar-refractivity contribution in [1.29, 1.82) is 0 Å². The molecule has 0 spiro atoms. The Morgan fingerprint density at radius 2 is 1.90 bits per heavy atom. The molecule has 1 aromatic carbocycles. The first kappa shape index (κ1) is 7.48. The Morgan fingerprint density at radius 1 is 1.30 bits per heavy atom. The van der Waals surface area contributed by atoms with Crippen LogP contribution in [0.3, 0.4) is 0 Å². The summed E-state index contributed by atoms with van der Waals surface area (Å²) < 4.78 is 0. The van der Waals surface area contributed by atoms with E-state index in [9.17, 15) is 5.11 Å². The fourth-order valence-electron chi connectivity index (χ4n) is 0.938. The van der Waals surface area contributed by atoms with Gasteiger partial charge in [0.2, 0.25) is 0 Å². The number of benzene rings is 1. The molecule has 1 aromatic rings. The highest BCUT2D eigenvalue weighted by Crippen LogP contribution is 2.25. The molecule has 0 bridgehead atoms. The van der Waals surface area contributed by atoms with Gasteiger partial charge in [-0.3, -0.25) is 0 Å². The fraction of sp³-hybridized carbons (Fsp3) is 0.250. The Balaban J connectivity index is 3.31. The van der Waals surface area contributed by atoms with Gasteiger partial charge < -0.3 is 5.11 Å². The average molecular weight is 154 g/mol. The minimum absolute atomic E-state index is 0.265. The Labute approximate surface area is 66.1 Å². The molecule has 2 heteroatoms. The summed E-state index contributed by atoms with van der Waals surface area (Å²) in [5, 5.41) is 9.20. The van der Waals surface area contributed by atoms with E-state index in [1.165, 1.54) is 0 Å². The van der Waals surface area contributed by atoms with E-state index in [1.807, 2.05) is 19.9 Å². The quantitative estimate of drug-likeness (QED) is 0.549.